The maximum absolute atomic E-state index is 0. The van der Waals surface area contributed by atoms with Crippen molar-refractivity contribution in [2.75, 3.05) is 0 Å². The van der Waals surface area contributed by atoms with Crippen LogP contribution in [-0.2, 0) is 26.2 Å². The van der Waals surface area contributed by atoms with Crippen LogP contribution in [-0.4, -0.2) is 95.8 Å². The van der Waals surface area contributed by atoms with Crippen LogP contribution in [0.3, 0.4) is 0 Å². The van der Waals surface area contributed by atoms with Gasteiger partial charge in [-0.05, 0) is 0 Å². The van der Waals surface area contributed by atoms with E-state index in [4.69, 9.17) is 0 Å². The molecular formula is H11AlBaF5LaNaZr. The third kappa shape index (κ3) is 76.9. The van der Waals surface area contributed by atoms with Gasteiger partial charge in [-0.2, -0.15) is 0 Å². The molecule has 0 aliphatic rings. The zero-order valence-electron chi connectivity index (χ0n) is 3.12. The minimum absolute atomic E-state index is 0. The van der Waals surface area contributed by atoms with Gasteiger partial charge in [-0.3, -0.25) is 23.5 Å². The number of hydrogen-bond acceptors (Lipinski definition) is 0. The molecule has 0 amide bonds. The number of rotatable bonds is 0. The second-order valence-electron chi connectivity index (χ2n) is 0. The first-order chi connectivity index (χ1) is 0. The molecule has 10 heteroatoms. The molecular weight excluding hydrogens is 512 g/mol. The Labute approximate surface area is 176 Å². The Morgan fingerprint density at radius 2 is 0.600 bits per heavy atom. The topological polar surface area (TPSA) is 0 Å². The summed E-state index contributed by atoms with van der Waals surface area (Å²) >= 11 is 0. The minimum Gasteiger partial charge on any atom is 0 e. The van der Waals surface area contributed by atoms with Gasteiger partial charge in [0.1, 0.15) is 0 Å². The van der Waals surface area contributed by atoms with Crippen LogP contribution < -0.4 is 0 Å². The van der Waals surface area contributed by atoms with Crippen LogP contribution in [0.2, 0.25) is 0 Å². The predicted octanol–water partition coefficient (Wildman–Crippen LogP) is -1.99. The van der Waals surface area contributed by atoms with Crippen LogP contribution in [0.4, 0.5) is 23.5 Å². The molecule has 0 saturated carbocycles. The molecule has 0 aromatic rings. The van der Waals surface area contributed by atoms with Crippen LogP contribution in [0.25, 0.3) is 0 Å². The smallest absolute Gasteiger partial charge is 0 e. The third-order valence-electron chi connectivity index (χ3n) is 0. The molecule has 0 saturated heterocycles. The van der Waals surface area contributed by atoms with Crippen molar-refractivity contribution in [2.45, 2.75) is 0 Å². The van der Waals surface area contributed by atoms with Gasteiger partial charge in [-0.25, -0.2) is 0 Å². The minimum atomic E-state index is 0. The fourth-order valence-electron chi connectivity index (χ4n) is 0. The van der Waals surface area contributed by atoms with Gasteiger partial charge >= 0.3 is 78.4 Å². The van der Waals surface area contributed by atoms with Gasteiger partial charge in [-0.1, -0.05) is 0 Å². The molecule has 1 radical (unpaired) electrons. The summed E-state index contributed by atoms with van der Waals surface area (Å²) in [5.41, 5.74) is 0. The van der Waals surface area contributed by atoms with Crippen molar-refractivity contribution < 1.29 is 85.3 Å². The number of hydrogen-bond donors (Lipinski definition) is 0. The molecule has 0 unspecified atom stereocenters. The van der Waals surface area contributed by atoms with Crippen molar-refractivity contribution in [3.05, 3.63) is 0 Å². The first-order valence-corrected chi connectivity index (χ1v) is 0. The Bertz CT molecular complexity index is 21.6. The Hall–Kier alpha value is 4.83. The van der Waals surface area contributed by atoms with Crippen molar-refractivity contribution in [2.24, 2.45) is 0 Å². The van der Waals surface area contributed by atoms with E-state index in [1.54, 1.807) is 0 Å². The van der Waals surface area contributed by atoms with Crippen molar-refractivity contribution in [3.63, 3.8) is 0 Å². The predicted molar refractivity (Wildman–Crippen MR) is 38.1 cm³/mol. The van der Waals surface area contributed by atoms with Crippen molar-refractivity contribution in [1.29, 1.82) is 0 Å². The zero-order chi connectivity index (χ0) is 0. The fourth-order valence-corrected chi connectivity index (χ4v) is 0. The monoisotopic (exact) mass is 523 g/mol. The standard InChI is InChI=1S/Al.Ba.5FH.La.Na.Zr.6H/h;;5*1H;;;;;;;;;. The Morgan fingerprint density at radius 3 is 0.600 bits per heavy atom. The van der Waals surface area contributed by atoms with E-state index in [-0.39, 0.29) is 181 Å². The van der Waals surface area contributed by atoms with Crippen LogP contribution in [0.15, 0.2) is 0 Å². The van der Waals surface area contributed by atoms with Gasteiger partial charge in [0, 0.05) is 61.8 Å². The molecule has 0 atom stereocenters. The molecule has 0 spiro atoms. The summed E-state index contributed by atoms with van der Waals surface area (Å²) < 4.78 is 0. The molecule has 10 heavy (non-hydrogen) atoms. The normalized spacial score (nSPS) is 0. The second kappa shape index (κ2) is 97.6. The van der Waals surface area contributed by atoms with Gasteiger partial charge in [0.05, 0.1) is 0 Å². The Morgan fingerprint density at radius 1 is 0.600 bits per heavy atom. The first-order valence-electron chi connectivity index (χ1n) is 0. The summed E-state index contributed by atoms with van der Waals surface area (Å²) in [6.45, 7) is 0. The van der Waals surface area contributed by atoms with Crippen molar-refractivity contribution in [1.82, 2.24) is 0 Å². The Kier molecular flexibility index (Phi) is 1190. The molecule has 0 nitrogen and oxygen atoms in total. The molecule has 0 bridgehead atoms. The molecule has 0 aromatic heterocycles. The first kappa shape index (κ1) is 122. The van der Waals surface area contributed by atoms with Crippen molar-refractivity contribution in [3.8, 4) is 0 Å². The average molecular weight is 524 g/mol. The van der Waals surface area contributed by atoms with E-state index in [9.17, 15) is 0 Å². The molecule has 0 aliphatic carbocycles. The molecule has 0 rings (SSSR count). The zero-order valence-corrected chi connectivity index (χ0v) is 9.20. The number of halogens is 5. The van der Waals surface area contributed by atoms with Gasteiger partial charge in [-0.15, -0.1) is 0 Å². The summed E-state index contributed by atoms with van der Waals surface area (Å²) in [4.78, 5) is 0. The van der Waals surface area contributed by atoms with Gasteiger partial charge in [0.15, 0.2) is 17.4 Å². The summed E-state index contributed by atoms with van der Waals surface area (Å²) in [7, 11) is 0. The molecule has 0 heterocycles. The Balaban J connectivity index is 0. The molecule has 0 fully saturated rings. The maximum Gasteiger partial charge on any atom is 0 e. The largest absolute Gasteiger partial charge is 0 e. The molecule has 0 aliphatic heterocycles. The fraction of sp³-hybridized carbons (Fsp3) is 0. The van der Waals surface area contributed by atoms with E-state index >= 15 is 0 Å². The van der Waals surface area contributed by atoms with Crippen LogP contribution in [0.1, 0.15) is 0 Å². The SMILES string of the molecule is F.F.F.F.F.[AlH3].[BaH2].[La].[NaH].[Zr]. The third-order valence-corrected chi connectivity index (χ3v) is 0. The summed E-state index contributed by atoms with van der Waals surface area (Å²) in [5.74, 6) is 0. The van der Waals surface area contributed by atoms with E-state index in [2.05, 4.69) is 0 Å². The van der Waals surface area contributed by atoms with Crippen LogP contribution >= 0.6 is 0 Å². The quantitative estimate of drug-likeness (QED) is 0.255. The summed E-state index contributed by atoms with van der Waals surface area (Å²) in [6.07, 6.45) is 0. The second-order valence-corrected chi connectivity index (χ2v) is 0. The summed E-state index contributed by atoms with van der Waals surface area (Å²) in [5, 5.41) is 0. The van der Waals surface area contributed by atoms with Gasteiger partial charge in [0.2, 0.25) is 0 Å². The maximum atomic E-state index is 0. The molecule has 59 valence electrons. The van der Waals surface area contributed by atoms with Crippen LogP contribution in [0.5, 0.6) is 0 Å². The average Bonchev–Trinajstić information content (AvgIpc) is 0. The van der Waals surface area contributed by atoms with E-state index < -0.39 is 0 Å². The van der Waals surface area contributed by atoms with E-state index in [1.807, 2.05) is 0 Å². The van der Waals surface area contributed by atoms with Crippen molar-refractivity contribution >= 4 is 95.8 Å². The van der Waals surface area contributed by atoms with Gasteiger partial charge < -0.3 is 0 Å². The van der Waals surface area contributed by atoms with E-state index in [0.717, 1.165) is 0 Å². The van der Waals surface area contributed by atoms with E-state index in [1.165, 1.54) is 0 Å². The van der Waals surface area contributed by atoms with Gasteiger partial charge in [0.25, 0.3) is 0 Å². The summed E-state index contributed by atoms with van der Waals surface area (Å²) in [6, 6.07) is 0. The van der Waals surface area contributed by atoms with Crippen LogP contribution in [0, 0.1) is 35.6 Å². The van der Waals surface area contributed by atoms with E-state index in [0.29, 0.717) is 0 Å². The molecule has 0 aromatic carbocycles. The molecule has 0 N–H and O–H groups in total.